The van der Waals surface area contributed by atoms with E-state index in [1.165, 1.54) is 0 Å². The average molecular weight is 283 g/mol. The van der Waals surface area contributed by atoms with E-state index in [0.717, 1.165) is 11.8 Å². The van der Waals surface area contributed by atoms with Gasteiger partial charge in [0.1, 0.15) is 5.78 Å². The number of carbonyl (C=O) groups excluding carboxylic acids is 1. The lowest BCUT2D eigenvalue weighted by Gasteiger charge is -2.24. The molecule has 2 nitrogen and oxygen atoms in total. The molecule has 1 aliphatic carbocycles. The lowest BCUT2D eigenvalue weighted by atomic mass is 9.82. The van der Waals surface area contributed by atoms with Gasteiger partial charge in [0.25, 0.3) is 0 Å². The van der Waals surface area contributed by atoms with Crippen LogP contribution in [0.5, 0.6) is 0 Å². The minimum absolute atomic E-state index is 0.144. The molecule has 20 heavy (non-hydrogen) atoms. The molecule has 5 heteroatoms. The Kier molecular flexibility index (Phi) is 3.88. The summed E-state index contributed by atoms with van der Waals surface area (Å²) in [5, 5.41) is 0. The molecule has 0 saturated carbocycles. The molecular weight excluding hydrogens is 267 g/mol. The van der Waals surface area contributed by atoms with E-state index in [4.69, 9.17) is 0 Å². The molecule has 2 rings (SSSR count). The van der Waals surface area contributed by atoms with Crippen molar-refractivity contribution in [1.29, 1.82) is 0 Å². The number of Topliss-reactive ketones (excluding diaryl/α,β-unsaturated/α-hetero) is 1. The van der Waals surface area contributed by atoms with Gasteiger partial charge in [-0.1, -0.05) is 18.2 Å². The molecule has 0 bridgehead atoms. The number of anilines is 1. The van der Waals surface area contributed by atoms with Gasteiger partial charge in [-0.25, -0.2) is 0 Å². The zero-order chi connectivity index (χ0) is 14.9. The molecular formula is C15H16F3NO. The van der Waals surface area contributed by atoms with Crippen LogP contribution in [0.2, 0.25) is 0 Å². The van der Waals surface area contributed by atoms with E-state index < -0.39 is 17.7 Å². The van der Waals surface area contributed by atoms with Crippen molar-refractivity contribution in [3.8, 4) is 0 Å². The third-order valence-corrected chi connectivity index (χ3v) is 3.54. The molecule has 0 amide bonds. The second-order valence-corrected chi connectivity index (χ2v) is 5.14. The van der Waals surface area contributed by atoms with Crippen LogP contribution in [0, 0.1) is 0 Å². The number of halogens is 3. The molecule has 1 aromatic rings. The Morgan fingerprint density at radius 3 is 2.25 bits per heavy atom. The molecule has 0 aromatic heterocycles. The number of allylic oxidation sites excluding steroid dienone is 2. The van der Waals surface area contributed by atoms with Gasteiger partial charge in [-0.3, -0.25) is 4.79 Å². The number of nitrogens with zero attached hydrogens (tertiary/aromatic N) is 1. The number of alkyl halides is 3. The van der Waals surface area contributed by atoms with Crippen molar-refractivity contribution >= 4 is 11.5 Å². The lowest BCUT2D eigenvalue weighted by Crippen LogP contribution is -2.23. The Morgan fingerprint density at radius 2 is 1.75 bits per heavy atom. The van der Waals surface area contributed by atoms with E-state index in [1.54, 1.807) is 12.1 Å². The fraction of sp³-hybridized carbons (Fsp3) is 0.400. The van der Waals surface area contributed by atoms with Crippen molar-refractivity contribution in [2.24, 2.45) is 0 Å². The minimum atomic E-state index is -4.34. The Hall–Kier alpha value is -1.78. The summed E-state index contributed by atoms with van der Waals surface area (Å²) in [5.41, 5.74) is 0.998. The second kappa shape index (κ2) is 5.31. The molecule has 0 saturated heterocycles. The Bertz CT molecular complexity index is 529. The van der Waals surface area contributed by atoms with Gasteiger partial charge in [-0.15, -0.1) is 0 Å². The highest BCUT2D eigenvalue weighted by Gasteiger charge is 2.38. The summed E-state index contributed by atoms with van der Waals surface area (Å²) >= 11 is 0. The predicted octanol–water partition coefficient (Wildman–Crippen LogP) is 3.69. The van der Waals surface area contributed by atoms with Crippen molar-refractivity contribution < 1.29 is 18.0 Å². The van der Waals surface area contributed by atoms with Crippen LogP contribution in [0.25, 0.3) is 0 Å². The maximum atomic E-state index is 12.7. The molecule has 0 spiro atoms. The smallest absolute Gasteiger partial charge is 0.378 e. The summed E-state index contributed by atoms with van der Waals surface area (Å²) in [5.74, 6) is -0.844. The van der Waals surface area contributed by atoms with Gasteiger partial charge in [0, 0.05) is 37.7 Å². The normalized spacial score (nSPS) is 19.8. The molecule has 0 radical (unpaired) electrons. The number of benzene rings is 1. The fourth-order valence-corrected chi connectivity index (χ4v) is 2.32. The van der Waals surface area contributed by atoms with Gasteiger partial charge in [-0.05, 0) is 24.1 Å². The summed E-state index contributed by atoms with van der Waals surface area (Å²) in [6.07, 6.45) is -3.74. The first-order valence-electron chi connectivity index (χ1n) is 6.35. The monoisotopic (exact) mass is 283 g/mol. The van der Waals surface area contributed by atoms with E-state index in [0.29, 0.717) is 5.56 Å². The van der Waals surface area contributed by atoms with Crippen molar-refractivity contribution in [2.45, 2.75) is 24.9 Å². The average Bonchev–Trinajstić information content (AvgIpc) is 2.38. The molecule has 1 atom stereocenters. The van der Waals surface area contributed by atoms with Gasteiger partial charge >= 0.3 is 6.18 Å². The summed E-state index contributed by atoms with van der Waals surface area (Å²) in [4.78, 5) is 13.8. The number of hydrogen-bond acceptors (Lipinski definition) is 2. The van der Waals surface area contributed by atoms with Crippen LogP contribution in [0.15, 0.2) is 35.9 Å². The van der Waals surface area contributed by atoms with Gasteiger partial charge < -0.3 is 4.90 Å². The van der Waals surface area contributed by atoms with E-state index in [-0.39, 0.29) is 18.6 Å². The fourth-order valence-electron chi connectivity index (χ4n) is 2.32. The van der Waals surface area contributed by atoms with Gasteiger partial charge in [0.2, 0.25) is 0 Å². The first kappa shape index (κ1) is 14.6. The quantitative estimate of drug-likeness (QED) is 0.772. The molecule has 0 aliphatic heterocycles. The number of rotatable bonds is 2. The third-order valence-electron chi connectivity index (χ3n) is 3.54. The van der Waals surface area contributed by atoms with Crippen molar-refractivity contribution in [3.05, 3.63) is 41.5 Å². The topological polar surface area (TPSA) is 20.3 Å². The van der Waals surface area contributed by atoms with Crippen LogP contribution in [0.3, 0.4) is 0 Å². The second-order valence-electron chi connectivity index (χ2n) is 5.14. The van der Waals surface area contributed by atoms with Gasteiger partial charge in [0.15, 0.2) is 0 Å². The summed E-state index contributed by atoms with van der Waals surface area (Å²) in [6.45, 7) is 0. The number of carbonyl (C=O) groups is 1. The van der Waals surface area contributed by atoms with Gasteiger partial charge in [-0.2, -0.15) is 13.2 Å². The van der Waals surface area contributed by atoms with Crippen molar-refractivity contribution in [1.82, 2.24) is 0 Å². The van der Waals surface area contributed by atoms with Crippen LogP contribution in [0.4, 0.5) is 18.9 Å². The lowest BCUT2D eigenvalue weighted by molar-refractivity contribution is -0.122. The van der Waals surface area contributed by atoms with E-state index in [9.17, 15) is 18.0 Å². The van der Waals surface area contributed by atoms with E-state index in [1.807, 2.05) is 31.1 Å². The minimum Gasteiger partial charge on any atom is -0.378 e. The van der Waals surface area contributed by atoms with Crippen molar-refractivity contribution in [2.75, 3.05) is 19.0 Å². The first-order valence-corrected chi connectivity index (χ1v) is 6.35. The maximum absolute atomic E-state index is 12.7. The molecule has 0 N–H and O–H groups in total. The van der Waals surface area contributed by atoms with Crippen LogP contribution in [-0.2, 0) is 4.79 Å². The SMILES string of the molecule is CN(C)c1ccc(C2CC(C(F)(F)F)=CCC2=O)cc1. The van der Waals surface area contributed by atoms with Crippen LogP contribution in [-0.4, -0.2) is 26.1 Å². The molecule has 1 unspecified atom stereocenters. The largest absolute Gasteiger partial charge is 0.412 e. The standard InChI is InChI=1S/C15H16F3NO/c1-19(2)12-6-3-10(4-7-12)13-9-11(15(16,17)18)5-8-14(13)20/h3-7,13H,8-9H2,1-2H3. The van der Waals surface area contributed by atoms with Crippen LogP contribution >= 0.6 is 0 Å². The molecule has 1 aromatic carbocycles. The van der Waals surface area contributed by atoms with Crippen LogP contribution < -0.4 is 4.90 Å². The number of ketones is 1. The van der Waals surface area contributed by atoms with E-state index in [2.05, 4.69) is 0 Å². The third kappa shape index (κ3) is 3.03. The highest BCUT2D eigenvalue weighted by molar-refractivity contribution is 5.88. The number of hydrogen-bond donors (Lipinski definition) is 0. The summed E-state index contributed by atoms with van der Waals surface area (Å²) in [6, 6.07) is 7.09. The summed E-state index contributed by atoms with van der Waals surface area (Å²) in [7, 11) is 3.76. The molecule has 108 valence electrons. The highest BCUT2D eigenvalue weighted by atomic mass is 19.4. The van der Waals surface area contributed by atoms with Crippen LogP contribution in [0.1, 0.15) is 24.3 Å². The highest BCUT2D eigenvalue weighted by Crippen LogP contribution is 2.38. The van der Waals surface area contributed by atoms with Gasteiger partial charge in [0.05, 0.1) is 0 Å². The maximum Gasteiger partial charge on any atom is 0.412 e. The summed E-state index contributed by atoms with van der Waals surface area (Å²) < 4.78 is 38.2. The van der Waals surface area contributed by atoms with E-state index >= 15 is 0 Å². The Balaban J connectivity index is 2.24. The first-order chi connectivity index (χ1) is 9.29. The molecule has 1 aliphatic rings. The Morgan fingerprint density at radius 1 is 1.15 bits per heavy atom. The molecule has 0 fully saturated rings. The zero-order valence-electron chi connectivity index (χ0n) is 11.4. The molecule has 0 heterocycles. The van der Waals surface area contributed by atoms with Crippen molar-refractivity contribution in [3.63, 3.8) is 0 Å². The zero-order valence-corrected chi connectivity index (χ0v) is 11.4. The predicted molar refractivity (Wildman–Crippen MR) is 71.9 cm³/mol. The Labute approximate surface area is 115 Å².